The van der Waals surface area contributed by atoms with Crippen LogP contribution in [0.25, 0.3) is 0 Å². The van der Waals surface area contributed by atoms with E-state index in [1.165, 1.54) is 6.20 Å². The lowest BCUT2D eigenvalue weighted by Crippen LogP contribution is -2.70. The highest BCUT2D eigenvalue weighted by Gasteiger charge is 2.43. The van der Waals surface area contributed by atoms with Crippen LogP contribution in [0.4, 0.5) is 0 Å². The first kappa shape index (κ1) is 17.0. The van der Waals surface area contributed by atoms with Crippen molar-refractivity contribution in [2.45, 2.75) is 5.54 Å². The molecular weight excluding hydrogens is 336 g/mol. The molecule has 4 rings (SSSR count). The second-order valence-electron chi connectivity index (χ2n) is 6.22. The smallest absolute Gasteiger partial charge is 0.201 e. The van der Waals surface area contributed by atoms with E-state index in [-0.39, 0.29) is 0 Å². The zero-order chi connectivity index (χ0) is 18.5. The molecule has 0 aliphatic carbocycles. The van der Waals surface area contributed by atoms with E-state index in [1.54, 1.807) is 6.34 Å². The number of hydrazine groups is 1. The highest BCUT2D eigenvalue weighted by atomic mass is 16.5. The molecule has 0 unspecified atom stereocenters. The zero-order valence-electron chi connectivity index (χ0n) is 14.7. The molecule has 3 N–H and O–H groups in total. The number of nitrogens with two attached hydrogens (primary N) is 1. The van der Waals surface area contributed by atoms with Gasteiger partial charge in [0.25, 0.3) is 0 Å². The molecule has 0 radical (unpaired) electrons. The summed E-state index contributed by atoms with van der Waals surface area (Å²) >= 11 is 0. The van der Waals surface area contributed by atoms with Crippen LogP contribution in [0.2, 0.25) is 0 Å². The summed E-state index contributed by atoms with van der Waals surface area (Å²) in [4.78, 5) is 4.37. The van der Waals surface area contributed by atoms with Gasteiger partial charge in [-0.1, -0.05) is 91.0 Å². The summed E-state index contributed by atoms with van der Waals surface area (Å²) in [7, 11) is 0. The number of nitrogens with one attached hydrogen (secondary N) is 1. The number of quaternary nitrogens is 1. The minimum Gasteiger partial charge on any atom is -0.631 e. The third-order valence-corrected chi connectivity index (χ3v) is 4.71. The molecule has 1 aliphatic heterocycles. The Morgan fingerprint density at radius 2 is 1.22 bits per heavy atom. The number of nitrogens with zero attached hydrogens (tertiary/aromatic N) is 2. The number of hydroxylamine groups is 1. The van der Waals surface area contributed by atoms with Gasteiger partial charge in [-0.05, 0) is 16.7 Å². The van der Waals surface area contributed by atoms with Gasteiger partial charge in [-0.25, -0.2) is 4.99 Å². The first-order valence-electron chi connectivity index (χ1n) is 8.78. The van der Waals surface area contributed by atoms with Crippen molar-refractivity contribution in [2.24, 2.45) is 4.99 Å². The van der Waals surface area contributed by atoms with Crippen molar-refractivity contribution in [2.75, 3.05) is 0 Å². The maximum Gasteiger partial charge on any atom is 0.201 e. The summed E-state index contributed by atoms with van der Waals surface area (Å²) in [5.41, 5.74) is 6.63. The van der Waals surface area contributed by atoms with Crippen molar-refractivity contribution < 1.29 is 5.48 Å². The van der Waals surface area contributed by atoms with Gasteiger partial charge in [0.2, 0.25) is 5.82 Å². The Balaban J connectivity index is 1.99. The van der Waals surface area contributed by atoms with Crippen molar-refractivity contribution in [1.82, 2.24) is 10.4 Å². The highest BCUT2D eigenvalue weighted by molar-refractivity contribution is 5.66. The minimum atomic E-state index is -0.647. The molecule has 5 nitrogen and oxygen atoms in total. The molecular formula is C22H20N4O. The number of aliphatic imine (C=N–C) groups is 1. The van der Waals surface area contributed by atoms with Gasteiger partial charge in [-0.15, -0.1) is 0 Å². The predicted molar refractivity (Wildman–Crippen MR) is 106 cm³/mol. The Morgan fingerprint density at radius 3 is 1.63 bits per heavy atom. The summed E-state index contributed by atoms with van der Waals surface area (Å²) < 4.78 is 0. The third kappa shape index (κ3) is 2.99. The van der Waals surface area contributed by atoms with E-state index in [2.05, 4.69) is 46.8 Å². The molecule has 5 heteroatoms. The second kappa shape index (κ2) is 7.45. The molecule has 134 valence electrons. The first-order chi connectivity index (χ1) is 13.4. The fraction of sp³-hybridized carbons (Fsp3) is 0.0455. The van der Waals surface area contributed by atoms with Crippen molar-refractivity contribution in [3.63, 3.8) is 0 Å². The molecule has 0 amide bonds. The molecule has 0 atom stereocenters. The molecule has 1 aliphatic rings. The molecule has 0 fully saturated rings. The second-order valence-corrected chi connectivity index (χ2v) is 6.22. The third-order valence-electron chi connectivity index (χ3n) is 4.71. The lowest BCUT2D eigenvalue weighted by Gasteiger charge is -2.42. The maximum atomic E-state index is 10.9. The van der Waals surface area contributed by atoms with Crippen LogP contribution in [-0.2, 0) is 5.54 Å². The normalized spacial score (nSPS) is 15.1. The summed E-state index contributed by atoms with van der Waals surface area (Å²) in [6.07, 6.45) is 3.16. The Labute approximate surface area is 158 Å². The van der Waals surface area contributed by atoms with Crippen molar-refractivity contribution in [3.05, 3.63) is 125 Å². The average Bonchev–Trinajstić information content (AvgIpc) is 3.20. The predicted octanol–water partition coefficient (Wildman–Crippen LogP) is 2.69. The van der Waals surface area contributed by atoms with E-state index in [1.807, 2.05) is 59.6 Å². The van der Waals surface area contributed by atoms with Crippen LogP contribution in [0.1, 0.15) is 16.7 Å². The summed E-state index contributed by atoms with van der Waals surface area (Å²) in [5.74, 6) is 0.511. The first-order valence-corrected chi connectivity index (χ1v) is 8.78. The Morgan fingerprint density at radius 1 is 0.778 bits per heavy atom. The van der Waals surface area contributed by atoms with E-state index in [0.29, 0.717) is 5.82 Å². The molecule has 0 spiro atoms. The Bertz CT molecular complexity index is 843. The van der Waals surface area contributed by atoms with E-state index in [9.17, 15) is 5.21 Å². The number of rotatable bonds is 5. The van der Waals surface area contributed by atoms with Gasteiger partial charge in [0.15, 0.2) is 0 Å². The van der Waals surface area contributed by atoms with E-state index in [0.717, 1.165) is 22.2 Å². The van der Waals surface area contributed by atoms with Crippen LogP contribution >= 0.6 is 0 Å². The van der Waals surface area contributed by atoms with Crippen molar-refractivity contribution in [1.29, 1.82) is 0 Å². The molecule has 0 aromatic heterocycles. The van der Waals surface area contributed by atoms with Gasteiger partial charge in [-0.3, -0.25) is 10.4 Å². The molecule has 0 saturated heterocycles. The molecule has 3 aromatic carbocycles. The molecule has 0 bridgehead atoms. The van der Waals surface area contributed by atoms with Gasteiger partial charge in [0.05, 0.1) is 0 Å². The lowest BCUT2D eigenvalue weighted by molar-refractivity contribution is -0.516. The average molecular weight is 356 g/mol. The summed E-state index contributed by atoms with van der Waals surface area (Å²) in [6.45, 7) is 0. The Hall–Kier alpha value is -3.41. The van der Waals surface area contributed by atoms with Gasteiger partial charge in [0, 0.05) is 0 Å². The van der Waals surface area contributed by atoms with Crippen LogP contribution in [0.3, 0.4) is 0 Å². The fourth-order valence-electron chi connectivity index (χ4n) is 3.57. The molecule has 0 saturated carbocycles. The van der Waals surface area contributed by atoms with Crippen LogP contribution in [0.15, 0.2) is 108 Å². The van der Waals surface area contributed by atoms with Gasteiger partial charge < -0.3 is 10.7 Å². The van der Waals surface area contributed by atoms with E-state index in [4.69, 9.17) is 0 Å². The van der Waals surface area contributed by atoms with Crippen LogP contribution in [0, 0.1) is 5.21 Å². The molecule has 1 heterocycles. The Kier molecular flexibility index (Phi) is 4.70. The quantitative estimate of drug-likeness (QED) is 0.546. The van der Waals surface area contributed by atoms with E-state index >= 15 is 0 Å². The largest absolute Gasteiger partial charge is 0.631 e. The lowest BCUT2D eigenvalue weighted by atomic mass is 9.76. The van der Waals surface area contributed by atoms with E-state index < -0.39 is 5.54 Å². The minimum absolute atomic E-state index is 0.511. The number of benzene rings is 3. The molecule has 27 heavy (non-hydrogen) atoms. The fourth-order valence-corrected chi connectivity index (χ4v) is 3.57. The monoisotopic (exact) mass is 356 g/mol. The number of hydrogen-bond donors (Lipinski definition) is 2. The van der Waals surface area contributed by atoms with Crippen molar-refractivity contribution in [3.8, 4) is 0 Å². The number of hydrogen-bond acceptors (Lipinski definition) is 4. The van der Waals surface area contributed by atoms with Gasteiger partial charge in [-0.2, -0.15) is 0 Å². The van der Waals surface area contributed by atoms with Gasteiger partial charge >= 0.3 is 0 Å². The maximum absolute atomic E-state index is 10.9. The van der Waals surface area contributed by atoms with Crippen LogP contribution < -0.4 is 10.9 Å². The summed E-state index contributed by atoms with van der Waals surface area (Å²) in [5, 5.41) is 12.9. The zero-order valence-corrected chi connectivity index (χ0v) is 14.7. The van der Waals surface area contributed by atoms with Crippen LogP contribution in [0.5, 0.6) is 0 Å². The standard InChI is InChI=1S/C22H20N4O/c27-24-16-21-23-17-26(25-21)22(18-10-4-1-5-11-18,19-12-6-2-7-13-19)20-14-8-3-9-15-20/h1-17,25H,24H2. The van der Waals surface area contributed by atoms with Crippen molar-refractivity contribution >= 4 is 6.34 Å². The SMILES string of the molecule is [O-][NH2+]C=C1N=CN(C(c2ccccc2)(c2ccccc2)c2ccccc2)N1. The topological polar surface area (TPSA) is 67.3 Å². The summed E-state index contributed by atoms with van der Waals surface area (Å²) in [6, 6.07) is 30.9. The molecule has 3 aromatic rings. The highest BCUT2D eigenvalue weighted by Crippen LogP contribution is 2.41. The van der Waals surface area contributed by atoms with Gasteiger partial charge in [0.1, 0.15) is 18.1 Å². The van der Waals surface area contributed by atoms with Crippen LogP contribution in [-0.4, -0.2) is 11.3 Å².